The summed E-state index contributed by atoms with van der Waals surface area (Å²) in [5.41, 5.74) is 0. The van der Waals surface area contributed by atoms with Crippen LogP contribution in [0.15, 0.2) is 0 Å². The molecule has 0 N–H and O–H groups in total. The van der Waals surface area contributed by atoms with Gasteiger partial charge in [0, 0.05) is 0 Å². The maximum absolute atomic E-state index is 4.70. The summed E-state index contributed by atoms with van der Waals surface area (Å²) in [5, 5.41) is 0. The predicted octanol–water partition coefficient (Wildman–Crippen LogP) is 0.193. The molecule has 0 heterocycles. The van der Waals surface area contributed by atoms with E-state index in [0.29, 0.717) is 12.7 Å². The van der Waals surface area contributed by atoms with E-state index in [1.54, 1.807) is 0 Å². The first-order valence-corrected chi connectivity index (χ1v) is 2.96. The molecule has 4 heteroatoms. The van der Waals surface area contributed by atoms with Crippen molar-refractivity contribution in [1.82, 2.24) is 0 Å². The Morgan fingerprint density at radius 1 is 1.25 bits per heavy atom. The van der Waals surface area contributed by atoms with Gasteiger partial charge in [-0.1, -0.05) is 0 Å². The molecule has 0 fully saturated rings. The van der Waals surface area contributed by atoms with Gasteiger partial charge in [0.1, 0.15) is 0 Å². The number of hydrogen-bond donors (Lipinski definition) is 0. The summed E-state index contributed by atoms with van der Waals surface area (Å²) >= 11 is 0.569. The van der Waals surface area contributed by atoms with E-state index in [2.05, 4.69) is 0 Å². The third kappa shape index (κ3) is 9.03. The third-order valence-corrected chi connectivity index (χ3v) is 0. The monoisotopic (exact) mass is 340 g/mol. The molecule has 0 nitrogen and oxygen atoms in total. The molecule has 0 aliphatic rings. The van der Waals surface area contributed by atoms with E-state index in [1.807, 2.05) is 0 Å². The molecule has 32 valence electrons. The summed E-state index contributed by atoms with van der Waals surface area (Å²) in [4.78, 5) is 0. The van der Waals surface area contributed by atoms with Crippen molar-refractivity contribution < 1.29 is 12.7 Å². The molecule has 0 aliphatic heterocycles. The zero-order chi connectivity index (χ0) is 2.71. The van der Waals surface area contributed by atoms with Crippen LogP contribution < -0.4 is 0 Å². The zero-order valence-corrected chi connectivity index (χ0v) is 9.78. The first-order chi connectivity index (χ1) is 1.41. The van der Waals surface area contributed by atoms with E-state index in [9.17, 15) is 0 Å². The normalized spacial score (nSPS) is 5.50. The van der Waals surface area contributed by atoms with Crippen LogP contribution in [0.25, 0.3) is 0 Å². The van der Waals surface area contributed by atoms with Crippen molar-refractivity contribution in [2.45, 2.75) is 0 Å². The van der Waals surface area contributed by atoms with Crippen LogP contribution in [0.1, 0.15) is 0 Å². The maximum atomic E-state index is 4.70. The van der Waals surface area contributed by atoms with Crippen molar-refractivity contribution in [3.05, 3.63) is 0 Å². The van der Waals surface area contributed by atoms with Gasteiger partial charge in [0.15, 0.2) is 0 Å². The molecule has 0 aromatic carbocycles. The first-order valence-electron chi connectivity index (χ1n) is 0.239. The zero-order valence-electron chi connectivity index (χ0n) is 1.78. The second-order valence-corrected chi connectivity index (χ2v) is 1.68. The Balaban J connectivity index is 0. The molecule has 0 radical (unpaired) electrons. The summed E-state index contributed by atoms with van der Waals surface area (Å²) in [5.74, 6) is 0. The Morgan fingerprint density at radius 2 is 1.25 bits per heavy atom. The molecular formula is H3BiCl2Ni. The predicted molar refractivity (Wildman–Crippen MR) is 21.6 cm³/mol. The van der Waals surface area contributed by atoms with Gasteiger partial charge in [0.2, 0.25) is 0 Å². The van der Waals surface area contributed by atoms with Gasteiger partial charge in [-0.3, -0.25) is 0 Å². The quantitative estimate of drug-likeness (QED) is 0.552. The van der Waals surface area contributed by atoms with Crippen molar-refractivity contribution in [3.63, 3.8) is 0 Å². The van der Waals surface area contributed by atoms with Crippen molar-refractivity contribution in [1.29, 1.82) is 0 Å². The summed E-state index contributed by atoms with van der Waals surface area (Å²) in [6.45, 7) is 0. The summed E-state index contributed by atoms with van der Waals surface area (Å²) in [6.07, 6.45) is 0. The van der Waals surface area contributed by atoms with Crippen LogP contribution in [-0.4, -0.2) is 26.2 Å². The van der Waals surface area contributed by atoms with Gasteiger partial charge in [0.05, 0.1) is 0 Å². The Morgan fingerprint density at radius 3 is 1.25 bits per heavy atom. The standard InChI is InChI=1S/Bi.2ClH.Ni.3H/h;2*1H;;;;/q;;;+2;;;/p-2. The molecule has 4 heavy (non-hydrogen) atoms. The van der Waals surface area contributed by atoms with Crippen LogP contribution >= 0.6 is 20.4 Å². The van der Waals surface area contributed by atoms with Gasteiger partial charge in [-0.25, -0.2) is 0 Å². The van der Waals surface area contributed by atoms with Crippen molar-refractivity contribution in [2.75, 3.05) is 0 Å². The van der Waals surface area contributed by atoms with E-state index in [1.165, 1.54) is 0 Å². The number of halogens is 2. The van der Waals surface area contributed by atoms with E-state index < -0.39 is 0 Å². The topological polar surface area (TPSA) is 0 Å². The fourth-order valence-corrected chi connectivity index (χ4v) is 0. The second-order valence-electron chi connectivity index (χ2n) is 0.0452. The molecule has 0 atom stereocenters. The minimum atomic E-state index is 0. The Hall–Kier alpha value is 1.96. The van der Waals surface area contributed by atoms with E-state index in [0.717, 1.165) is 0 Å². The Bertz CT molecular complexity index is 6.00. The molecule has 0 unspecified atom stereocenters. The van der Waals surface area contributed by atoms with Crippen LogP contribution in [0.2, 0.25) is 0 Å². The summed E-state index contributed by atoms with van der Waals surface area (Å²) < 4.78 is 0. The average Bonchev–Trinajstić information content (AvgIpc) is 0.918. The molecule has 0 aromatic rings. The summed E-state index contributed by atoms with van der Waals surface area (Å²) in [6, 6.07) is 0. The van der Waals surface area contributed by atoms with Crippen LogP contribution in [0.4, 0.5) is 0 Å². The van der Waals surface area contributed by atoms with E-state index >= 15 is 0 Å². The molecule has 0 bridgehead atoms. The van der Waals surface area contributed by atoms with Crippen molar-refractivity contribution >= 4 is 46.6 Å². The van der Waals surface area contributed by atoms with Gasteiger partial charge in [-0.15, -0.1) is 0 Å². The summed E-state index contributed by atoms with van der Waals surface area (Å²) in [7, 11) is 9.40. The fraction of sp³-hybridized carbons (Fsp3) is 0. The second kappa shape index (κ2) is 8.88. The third-order valence-electron chi connectivity index (χ3n) is 0. The molecule has 0 spiro atoms. The molecule has 0 amide bonds. The molecule has 0 aromatic heterocycles. The van der Waals surface area contributed by atoms with Gasteiger partial charge in [0.25, 0.3) is 0 Å². The minimum absolute atomic E-state index is 0. The Kier molecular flexibility index (Phi) is 20.7. The van der Waals surface area contributed by atoms with Gasteiger partial charge < -0.3 is 0 Å². The van der Waals surface area contributed by atoms with Crippen LogP contribution in [0, 0.1) is 0 Å². The van der Waals surface area contributed by atoms with Gasteiger partial charge in [-0.05, 0) is 0 Å². The van der Waals surface area contributed by atoms with Gasteiger partial charge in [-0.2, -0.15) is 0 Å². The Labute approximate surface area is 58.7 Å². The van der Waals surface area contributed by atoms with Crippen molar-refractivity contribution in [2.24, 2.45) is 0 Å². The molecule has 0 saturated carbocycles. The van der Waals surface area contributed by atoms with Crippen LogP contribution in [0.3, 0.4) is 0 Å². The average molecular weight is 342 g/mol. The SMILES string of the molecule is [BiH3].[Cl][Ni][Cl]. The number of rotatable bonds is 0. The first kappa shape index (κ1) is 9.35. The van der Waals surface area contributed by atoms with Crippen LogP contribution in [0.5, 0.6) is 0 Å². The fourth-order valence-electron chi connectivity index (χ4n) is 0. The molecule has 0 rings (SSSR count). The number of hydrogen-bond acceptors (Lipinski definition) is 0. The van der Waals surface area contributed by atoms with Gasteiger partial charge >= 0.3 is 59.2 Å². The van der Waals surface area contributed by atoms with Crippen LogP contribution in [-0.2, 0) is 12.7 Å². The molecule has 0 saturated heterocycles. The van der Waals surface area contributed by atoms with E-state index in [4.69, 9.17) is 20.4 Å². The molecular weight excluding hydrogens is 339 g/mol. The van der Waals surface area contributed by atoms with E-state index in [-0.39, 0.29) is 26.2 Å². The van der Waals surface area contributed by atoms with Crippen molar-refractivity contribution in [3.8, 4) is 0 Å². The molecule has 0 aliphatic carbocycles.